The summed E-state index contributed by atoms with van der Waals surface area (Å²) in [4.78, 5) is 43.2. The maximum absolute atomic E-state index is 14.8. The number of hydrogen-bond donors (Lipinski definition) is 2. The summed E-state index contributed by atoms with van der Waals surface area (Å²) in [6, 6.07) is 19.3. The van der Waals surface area contributed by atoms with E-state index < -0.39 is 0 Å². The van der Waals surface area contributed by atoms with Gasteiger partial charge >= 0.3 is 0 Å². The summed E-state index contributed by atoms with van der Waals surface area (Å²) in [5.74, 6) is -0.0341. The second kappa shape index (κ2) is 13.1. The molecule has 0 radical (unpaired) electrons. The number of halogens is 2. The monoisotopic (exact) mass is 625 g/mol. The average Bonchev–Trinajstić information content (AvgIpc) is 3.17. The number of aliphatic imine (C=N–C) groups is 1. The number of benzene rings is 3. The van der Waals surface area contributed by atoms with Crippen LogP contribution < -0.4 is 10.6 Å². The van der Waals surface area contributed by atoms with E-state index in [1.165, 1.54) is 6.07 Å². The molecule has 1 saturated heterocycles. The first-order valence-corrected chi connectivity index (χ1v) is 15.3. The third kappa shape index (κ3) is 6.87. The van der Waals surface area contributed by atoms with Crippen LogP contribution in [0, 0.1) is 5.82 Å². The number of hydrogen-bond acceptors (Lipinski definition) is 7. The third-order valence-corrected chi connectivity index (χ3v) is 7.99. The van der Waals surface area contributed by atoms with Crippen molar-refractivity contribution >= 4 is 40.8 Å². The SMILES string of the molecule is CC(C)NC(=O)CN1CCN(C(=O)c2ccc(Nc3ncc4c(n3)-c3ccc(Cl)cc3C(c3ccccc3F)=NC4)cc2)CC1. The minimum absolute atomic E-state index is 0.000547. The van der Waals surface area contributed by atoms with Crippen molar-refractivity contribution in [3.63, 3.8) is 0 Å². The summed E-state index contributed by atoms with van der Waals surface area (Å²) in [5, 5.41) is 6.66. The molecule has 3 heterocycles. The average molecular weight is 626 g/mol. The lowest BCUT2D eigenvalue weighted by Crippen LogP contribution is -2.51. The smallest absolute Gasteiger partial charge is 0.253 e. The van der Waals surface area contributed by atoms with Crippen molar-refractivity contribution in [3.05, 3.63) is 106 Å². The number of amides is 2. The van der Waals surface area contributed by atoms with Crippen molar-refractivity contribution in [1.82, 2.24) is 25.1 Å². The zero-order valence-electron chi connectivity index (χ0n) is 25.1. The molecular weight excluding hydrogens is 593 g/mol. The van der Waals surface area contributed by atoms with Crippen molar-refractivity contribution in [2.75, 3.05) is 38.0 Å². The van der Waals surface area contributed by atoms with E-state index >= 15 is 0 Å². The van der Waals surface area contributed by atoms with Crippen LogP contribution in [0.15, 0.2) is 77.9 Å². The zero-order valence-corrected chi connectivity index (χ0v) is 25.8. The number of aromatic nitrogens is 2. The van der Waals surface area contributed by atoms with Crippen LogP contribution in [0.4, 0.5) is 16.0 Å². The Morgan fingerprint density at radius 1 is 0.956 bits per heavy atom. The second-order valence-electron chi connectivity index (χ2n) is 11.4. The lowest BCUT2D eigenvalue weighted by atomic mass is 9.95. The third-order valence-electron chi connectivity index (χ3n) is 7.76. The van der Waals surface area contributed by atoms with E-state index in [9.17, 15) is 14.0 Å². The molecule has 0 aliphatic carbocycles. The molecule has 2 aliphatic rings. The van der Waals surface area contributed by atoms with Gasteiger partial charge in [0.1, 0.15) is 5.82 Å². The number of piperazine rings is 1. The topological polar surface area (TPSA) is 103 Å². The molecule has 1 fully saturated rings. The maximum Gasteiger partial charge on any atom is 0.253 e. The minimum atomic E-state index is -0.364. The Hall–Kier alpha value is -4.67. The molecule has 2 N–H and O–H groups in total. The highest BCUT2D eigenvalue weighted by molar-refractivity contribution is 6.31. The summed E-state index contributed by atoms with van der Waals surface area (Å²) in [7, 11) is 0. The number of carbonyl (C=O) groups excluding carboxylic acids is 2. The van der Waals surface area contributed by atoms with Gasteiger partial charge in [-0.3, -0.25) is 19.5 Å². The summed E-state index contributed by atoms with van der Waals surface area (Å²) in [5.41, 5.74) is 5.17. The largest absolute Gasteiger partial charge is 0.353 e. The quantitative estimate of drug-likeness (QED) is 0.289. The molecule has 0 spiro atoms. The standard InChI is InChI=1S/C34H33ClFN7O2/c1-21(2)39-30(44)20-42-13-15-43(16-14-42)33(45)22-7-10-25(11-8-22)40-34-38-19-23-18-37-32(27-5-3-4-6-29(27)36)28-17-24(35)9-12-26(28)31(23)41-34/h3-12,17,19,21H,13-16,18,20H2,1-2H3,(H,39,44)(H,38,40,41). The Labute approximate surface area is 266 Å². The normalized spacial score (nSPS) is 14.7. The molecule has 45 heavy (non-hydrogen) atoms. The van der Waals surface area contributed by atoms with Crippen LogP contribution in [0.2, 0.25) is 5.02 Å². The fourth-order valence-electron chi connectivity index (χ4n) is 5.56. The highest BCUT2D eigenvalue weighted by Gasteiger charge is 2.25. The Bertz CT molecular complexity index is 1770. The van der Waals surface area contributed by atoms with Gasteiger partial charge in [-0.15, -0.1) is 0 Å². The lowest BCUT2D eigenvalue weighted by molar-refractivity contribution is -0.123. The van der Waals surface area contributed by atoms with Crippen molar-refractivity contribution in [3.8, 4) is 11.3 Å². The van der Waals surface area contributed by atoms with Crippen LogP contribution in [0.25, 0.3) is 11.3 Å². The Morgan fingerprint density at radius 3 is 2.44 bits per heavy atom. The molecule has 2 amide bonds. The molecule has 230 valence electrons. The van der Waals surface area contributed by atoms with E-state index in [-0.39, 0.29) is 30.2 Å². The molecule has 3 aromatic carbocycles. The summed E-state index contributed by atoms with van der Waals surface area (Å²) < 4.78 is 14.8. The van der Waals surface area contributed by atoms with Crippen LogP contribution in [0.5, 0.6) is 0 Å². The molecule has 0 atom stereocenters. The van der Waals surface area contributed by atoms with Gasteiger partial charge in [-0.2, -0.15) is 0 Å². The highest BCUT2D eigenvalue weighted by Crippen LogP contribution is 2.34. The minimum Gasteiger partial charge on any atom is -0.353 e. The molecule has 0 unspecified atom stereocenters. The van der Waals surface area contributed by atoms with Crippen LogP contribution in [-0.4, -0.2) is 76.1 Å². The number of nitrogens with zero attached hydrogens (tertiary/aromatic N) is 5. The number of nitrogens with one attached hydrogen (secondary N) is 2. The highest BCUT2D eigenvalue weighted by atomic mass is 35.5. The van der Waals surface area contributed by atoms with E-state index in [1.54, 1.807) is 48.7 Å². The molecule has 0 saturated carbocycles. The zero-order chi connectivity index (χ0) is 31.5. The van der Waals surface area contributed by atoms with Gasteiger partial charge in [0.05, 0.1) is 24.5 Å². The molecular formula is C34H33ClFN7O2. The van der Waals surface area contributed by atoms with E-state index in [4.69, 9.17) is 21.6 Å². The first-order valence-electron chi connectivity index (χ1n) is 14.9. The predicted octanol–water partition coefficient (Wildman–Crippen LogP) is 5.31. The van der Waals surface area contributed by atoms with Gasteiger partial charge in [0.2, 0.25) is 11.9 Å². The second-order valence-corrected chi connectivity index (χ2v) is 11.8. The molecule has 2 aliphatic heterocycles. The number of carbonyl (C=O) groups is 2. The maximum atomic E-state index is 14.8. The van der Waals surface area contributed by atoms with E-state index in [0.29, 0.717) is 71.8 Å². The molecule has 1 aromatic heterocycles. The van der Waals surface area contributed by atoms with Crippen molar-refractivity contribution < 1.29 is 14.0 Å². The molecule has 4 aromatic rings. The lowest BCUT2D eigenvalue weighted by Gasteiger charge is -2.34. The van der Waals surface area contributed by atoms with Crippen LogP contribution in [0.1, 0.15) is 40.9 Å². The Kier molecular flexibility index (Phi) is 8.86. The number of fused-ring (bicyclic) bond motifs is 3. The van der Waals surface area contributed by atoms with Crippen molar-refractivity contribution in [1.29, 1.82) is 0 Å². The van der Waals surface area contributed by atoms with Gasteiger partial charge in [0, 0.05) is 76.9 Å². The first-order chi connectivity index (χ1) is 21.7. The van der Waals surface area contributed by atoms with Crippen molar-refractivity contribution in [2.45, 2.75) is 26.4 Å². The Balaban J connectivity index is 1.15. The summed E-state index contributed by atoms with van der Waals surface area (Å²) >= 11 is 6.37. The predicted molar refractivity (Wildman–Crippen MR) is 174 cm³/mol. The Morgan fingerprint density at radius 2 is 1.71 bits per heavy atom. The van der Waals surface area contributed by atoms with Crippen molar-refractivity contribution in [2.24, 2.45) is 4.99 Å². The van der Waals surface area contributed by atoms with Gasteiger partial charge in [-0.1, -0.05) is 29.8 Å². The first kappa shape index (κ1) is 30.4. The van der Waals surface area contributed by atoms with Gasteiger partial charge in [-0.05, 0) is 62.4 Å². The van der Waals surface area contributed by atoms with Crippen LogP contribution >= 0.6 is 11.6 Å². The van der Waals surface area contributed by atoms with Gasteiger partial charge < -0.3 is 15.5 Å². The van der Waals surface area contributed by atoms with E-state index in [1.807, 2.05) is 36.9 Å². The van der Waals surface area contributed by atoms with E-state index in [0.717, 1.165) is 16.8 Å². The molecule has 9 nitrogen and oxygen atoms in total. The number of anilines is 2. The van der Waals surface area contributed by atoms with Gasteiger partial charge in [-0.25, -0.2) is 14.4 Å². The molecule has 0 bridgehead atoms. The van der Waals surface area contributed by atoms with Gasteiger partial charge in [0.25, 0.3) is 5.91 Å². The van der Waals surface area contributed by atoms with Crippen LogP contribution in [-0.2, 0) is 11.3 Å². The summed E-state index contributed by atoms with van der Waals surface area (Å²) in [6.07, 6.45) is 1.72. The summed E-state index contributed by atoms with van der Waals surface area (Å²) in [6.45, 7) is 6.91. The van der Waals surface area contributed by atoms with Gasteiger partial charge in [0.15, 0.2) is 0 Å². The molecule has 11 heteroatoms. The van der Waals surface area contributed by atoms with E-state index in [2.05, 4.69) is 20.5 Å². The molecule has 6 rings (SSSR count). The fourth-order valence-corrected chi connectivity index (χ4v) is 5.73. The number of rotatable bonds is 7. The van der Waals surface area contributed by atoms with Crippen LogP contribution in [0.3, 0.4) is 0 Å². The fraction of sp³-hybridized carbons (Fsp3) is 0.265.